The highest BCUT2D eigenvalue weighted by molar-refractivity contribution is 5.43. The lowest BCUT2D eigenvalue weighted by molar-refractivity contribution is 0.304. The van der Waals surface area contributed by atoms with Gasteiger partial charge in [0.2, 0.25) is 0 Å². The Hall–Kier alpha value is -2.16. The van der Waals surface area contributed by atoms with Gasteiger partial charge in [-0.1, -0.05) is 83.8 Å². The number of nitrogens with zero attached hydrogens (tertiary/aromatic N) is 2. The molecule has 0 saturated heterocycles. The first-order valence-electron chi connectivity index (χ1n) is 12.1. The first kappa shape index (κ1) is 24.1. The Kier molecular flexibility index (Phi) is 12.6. The maximum absolute atomic E-state index is 5.80. The van der Waals surface area contributed by atoms with Gasteiger partial charge in [0.25, 0.3) is 0 Å². The predicted octanol–water partition coefficient (Wildman–Crippen LogP) is 9.35. The lowest BCUT2D eigenvalue weighted by Gasteiger charge is -2.06. The van der Waals surface area contributed by atoms with Gasteiger partial charge >= 0.3 is 0 Å². The molecule has 0 bridgehead atoms. The number of hydrogen-bond donors (Lipinski definition) is 0. The van der Waals surface area contributed by atoms with Crippen molar-refractivity contribution in [3.8, 4) is 5.75 Å². The van der Waals surface area contributed by atoms with Crippen LogP contribution in [0.3, 0.4) is 0 Å². The third kappa shape index (κ3) is 10.6. The third-order valence-electron chi connectivity index (χ3n) is 5.39. The van der Waals surface area contributed by atoms with E-state index in [1.165, 1.54) is 69.8 Å². The molecule has 0 aliphatic carbocycles. The molecular weight excluding hydrogens is 368 g/mol. The molecule has 0 fully saturated rings. The molecule has 0 aliphatic rings. The number of ether oxygens (including phenoxy) is 1. The summed E-state index contributed by atoms with van der Waals surface area (Å²) in [6, 6.07) is 16.4. The number of rotatable bonds is 16. The Labute approximate surface area is 184 Å². The molecule has 0 radical (unpaired) electrons. The van der Waals surface area contributed by atoms with Crippen LogP contribution in [-0.2, 0) is 6.42 Å². The molecule has 2 aromatic carbocycles. The Morgan fingerprint density at radius 1 is 0.567 bits per heavy atom. The number of azo groups is 1. The summed E-state index contributed by atoms with van der Waals surface area (Å²) in [6.45, 7) is 5.29. The van der Waals surface area contributed by atoms with Crippen LogP contribution in [0.5, 0.6) is 5.75 Å². The monoisotopic (exact) mass is 408 g/mol. The van der Waals surface area contributed by atoms with Crippen LogP contribution in [0.15, 0.2) is 58.8 Å². The predicted molar refractivity (Wildman–Crippen MR) is 128 cm³/mol. The van der Waals surface area contributed by atoms with Crippen molar-refractivity contribution in [2.75, 3.05) is 6.61 Å². The number of benzene rings is 2. The van der Waals surface area contributed by atoms with E-state index < -0.39 is 0 Å². The molecule has 164 valence electrons. The summed E-state index contributed by atoms with van der Waals surface area (Å²) in [5.41, 5.74) is 3.14. The summed E-state index contributed by atoms with van der Waals surface area (Å²) in [7, 11) is 0. The van der Waals surface area contributed by atoms with Crippen molar-refractivity contribution in [2.24, 2.45) is 10.2 Å². The summed E-state index contributed by atoms with van der Waals surface area (Å²) in [6.07, 6.45) is 15.5. The van der Waals surface area contributed by atoms with Crippen LogP contribution in [-0.4, -0.2) is 6.61 Å². The topological polar surface area (TPSA) is 34.0 Å². The zero-order valence-corrected chi connectivity index (χ0v) is 19.1. The second-order valence-corrected chi connectivity index (χ2v) is 8.14. The van der Waals surface area contributed by atoms with Gasteiger partial charge in [-0.3, -0.25) is 0 Å². The molecule has 0 aliphatic heterocycles. The summed E-state index contributed by atoms with van der Waals surface area (Å²) in [5, 5.41) is 8.72. The van der Waals surface area contributed by atoms with E-state index in [0.717, 1.165) is 36.6 Å². The van der Waals surface area contributed by atoms with Crippen LogP contribution in [0.2, 0.25) is 0 Å². The maximum atomic E-state index is 5.80. The fraction of sp³-hybridized carbons (Fsp3) is 0.556. The van der Waals surface area contributed by atoms with E-state index >= 15 is 0 Å². The summed E-state index contributed by atoms with van der Waals surface area (Å²) in [4.78, 5) is 0. The molecule has 0 spiro atoms. The molecule has 0 amide bonds. The molecule has 3 heteroatoms. The van der Waals surface area contributed by atoms with E-state index in [-0.39, 0.29) is 0 Å². The summed E-state index contributed by atoms with van der Waals surface area (Å²) in [5.74, 6) is 0.906. The van der Waals surface area contributed by atoms with Crippen molar-refractivity contribution < 1.29 is 4.74 Å². The van der Waals surface area contributed by atoms with E-state index in [4.69, 9.17) is 4.74 Å². The minimum Gasteiger partial charge on any atom is -0.494 e. The van der Waals surface area contributed by atoms with E-state index in [0.29, 0.717) is 0 Å². The average molecular weight is 409 g/mol. The molecule has 2 rings (SSSR count). The fourth-order valence-corrected chi connectivity index (χ4v) is 3.46. The molecule has 0 atom stereocenters. The van der Waals surface area contributed by atoms with Crippen molar-refractivity contribution in [2.45, 2.75) is 90.9 Å². The smallest absolute Gasteiger partial charge is 0.119 e. The molecular formula is C27H40N2O. The second-order valence-electron chi connectivity index (χ2n) is 8.14. The first-order chi connectivity index (χ1) is 14.8. The Morgan fingerprint density at radius 3 is 1.67 bits per heavy atom. The molecule has 3 nitrogen and oxygen atoms in total. The Bertz CT molecular complexity index is 630. The van der Waals surface area contributed by atoms with Gasteiger partial charge in [0.15, 0.2) is 0 Å². The van der Waals surface area contributed by atoms with Crippen LogP contribution in [0.25, 0.3) is 0 Å². The molecule has 0 heterocycles. The van der Waals surface area contributed by atoms with E-state index in [1.54, 1.807) is 0 Å². The average Bonchev–Trinajstić information content (AvgIpc) is 2.79. The number of unbranched alkanes of at least 4 members (excludes halogenated alkanes) is 9. The Balaban J connectivity index is 1.68. The minimum absolute atomic E-state index is 0.787. The standard InChI is InChI=1S/C27H40N2O/c1-3-5-7-9-10-12-14-24-15-17-25(18-16-24)28-29-26-19-21-27(22-20-26)30-23-13-11-8-6-4-2/h15-22H,3-14,23H2,1-2H3. The van der Waals surface area contributed by atoms with Gasteiger partial charge in [0.05, 0.1) is 18.0 Å². The van der Waals surface area contributed by atoms with Crippen LogP contribution in [0.1, 0.15) is 90.0 Å². The SMILES string of the molecule is CCCCCCCCc1ccc(N=Nc2ccc(OCCCCCCC)cc2)cc1. The van der Waals surface area contributed by atoms with Gasteiger partial charge in [-0.2, -0.15) is 10.2 Å². The van der Waals surface area contributed by atoms with Gasteiger partial charge in [-0.05, 0) is 61.2 Å². The minimum atomic E-state index is 0.787. The van der Waals surface area contributed by atoms with Crippen molar-refractivity contribution in [3.05, 3.63) is 54.1 Å². The van der Waals surface area contributed by atoms with E-state index in [2.05, 4.69) is 48.3 Å². The molecule has 2 aromatic rings. The molecule has 0 aromatic heterocycles. The lowest BCUT2D eigenvalue weighted by Crippen LogP contribution is -1.96. The maximum Gasteiger partial charge on any atom is 0.119 e. The Morgan fingerprint density at radius 2 is 1.07 bits per heavy atom. The quantitative estimate of drug-likeness (QED) is 0.201. The van der Waals surface area contributed by atoms with E-state index in [1.807, 2.05) is 24.3 Å². The van der Waals surface area contributed by atoms with Gasteiger partial charge in [0, 0.05) is 0 Å². The fourth-order valence-electron chi connectivity index (χ4n) is 3.46. The van der Waals surface area contributed by atoms with Gasteiger partial charge in [0.1, 0.15) is 5.75 Å². The highest BCUT2D eigenvalue weighted by Crippen LogP contribution is 2.22. The lowest BCUT2D eigenvalue weighted by atomic mass is 10.0. The van der Waals surface area contributed by atoms with Crippen molar-refractivity contribution in [3.63, 3.8) is 0 Å². The zero-order valence-electron chi connectivity index (χ0n) is 19.1. The van der Waals surface area contributed by atoms with Crippen LogP contribution < -0.4 is 4.74 Å². The van der Waals surface area contributed by atoms with E-state index in [9.17, 15) is 0 Å². The van der Waals surface area contributed by atoms with Gasteiger partial charge in [-0.15, -0.1) is 0 Å². The van der Waals surface area contributed by atoms with Crippen molar-refractivity contribution >= 4 is 11.4 Å². The first-order valence-corrected chi connectivity index (χ1v) is 12.1. The number of aryl methyl sites for hydroxylation is 1. The van der Waals surface area contributed by atoms with Crippen LogP contribution in [0, 0.1) is 0 Å². The van der Waals surface area contributed by atoms with Gasteiger partial charge < -0.3 is 4.74 Å². The number of hydrogen-bond acceptors (Lipinski definition) is 3. The van der Waals surface area contributed by atoms with Gasteiger partial charge in [-0.25, -0.2) is 0 Å². The van der Waals surface area contributed by atoms with Crippen LogP contribution >= 0.6 is 0 Å². The van der Waals surface area contributed by atoms with Crippen molar-refractivity contribution in [1.82, 2.24) is 0 Å². The summed E-state index contributed by atoms with van der Waals surface area (Å²) >= 11 is 0. The van der Waals surface area contributed by atoms with Crippen LogP contribution in [0.4, 0.5) is 11.4 Å². The normalized spacial score (nSPS) is 11.3. The molecule has 0 unspecified atom stereocenters. The van der Waals surface area contributed by atoms with Crippen molar-refractivity contribution in [1.29, 1.82) is 0 Å². The molecule has 0 N–H and O–H groups in total. The summed E-state index contributed by atoms with van der Waals surface area (Å²) < 4.78 is 5.80. The molecule has 30 heavy (non-hydrogen) atoms. The molecule has 0 saturated carbocycles. The second kappa shape index (κ2) is 15.6. The highest BCUT2D eigenvalue weighted by Gasteiger charge is 1.98. The zero-order chi connectivity index (χ0) is 21.3. The largest absolute Gasteiger partial charge is 0.494 e. The highest BCUT2D eigenvalue weighted by atomic mass is 16.5. The third-order valence-corrected chi connectivity index (χ3v) is 5.39.